The number of methoxy groups -OCH3 is 1. The molecule has 6 nitrogen and oxygen atoms in total. The molecule has 1 amide bonds. The van der Waals surface area contributed by atoms with Crippen molar-refractivity contribution in [3.63, 3.8) is 0 Å². The standard InChI is InChI=1S/C14H13N3O3S/c1-20-8-2-3-11-9(6-8)12(18)10(7-16-11)13(19)17-14-15-4-5-21-14/h2-3,6-7H,4-5H2,1H3,(H,16,18)(H,15,17,19). The Morgan fingerprint density at radius 3 is 3.05 bits per heavy atom. The molecule has 0 saturated carbocycles. The molecule has 0 unspecified atom stereocenters. The van der Waals surface area contributed by atoms with Gasteiger partial charge >= 0.3 is 0 Å². The summed E-state index contributed by atoms with van der Waals surface area (Å²) in [5.41, 5.74) is 0.389. The SMILES string of the molecule is COc1ccc2[nH]cc(C(=O)NC3=NCCS3)c(=O)c2c1. The highest BCUT2D eigenvalue weighted by molar-refractivity contribution is 8.14. The third-order valence-corrected chi connectivity index (χ3v) is 4.03. The van der Waals surface area contributed by atoms with Crippen molar-refractivity contribution in [2.45, 2.75) is 0 Å². The molecule has 2 aromatic rings. The topological polar surface area (TPSA) is 83.6 Å². The van der Waals surface area contributed by atoms with E-state index in [0.29, 0.717) is 28.4 Å². The van der Waals surface area contributed by atoms with Crippen molar-refractivity contribution in [1.29, 1.82) is 0 Å². The van der Waals surface area contributed by atoms with Gasteiger partial charge in [-0.2, -0.15) is 0 Å². The molecule has 2 heterocycles. The van der Waals surface area contributed by atoms with Crippen LogP contribution in [0.25, 0.3) is 10.9 Å². The number of H-pyrrole nitrogens is 1. The highest BCUT2D eigenvalue weighted by Crippen LogP contribution is 2.17. The molecule has 2 N–H and O–H groups in total. The highest BCUT2D eigenvalue weighted by Gasteiger charge is 2.17. The number of amidine groups is 1. The fourth-order valence-corrected chi connectivity index (χ4v) is 2.79. The normalized spacial score (nSPS) is 14.0. The third-order valence-electron chi connectivity index (χ3n) is 3.14. The molecule has 108 valence electrons. The van der Waals surface area contributed by atoms with E-state index >= 15 is 0 Å². The summed E-state index contributed by atoms with van der Waals surface area (Å²) in [6, 6.07) is 5.11. The number of aromatic nitrogens is 1. The fourth-order valence-electron chi connectivity index (χ4n) is 2.07. The first-order valence-corrected chi connectivity index (χ1v) is 7.35. The molecule has 1 aliphatic heterocycles. The van der Waals surface area contributed by atoms with Crippen LogP contribution in [0, 0.1) is 0 Å². The van der Waals surface area contributed by atoms with E-state index in [1.54, 1.807) is 18.2 Å². The molecule has 0 spiro atoms. The summed E-state index contributed by atoms with van der Waals surface area (Å²) in [5.74, 6) is 0.969. The van der Waals surface area contributed by atoms with E-state index in [4.69, 9.17) is 4.74 Å². The Labute approximate surface area is 124 Å². The van der Waals surface area contributed by atoms with Gasteiger partial charge in [-0.1, -0.05) is 11.8 Å². The smallest absolute Gasteiger partial charge is 0.262 e. The average molecular weight is 303 g/mol. The van der Waals surface area contributed by atoms with Gasteiger partial charge in [0.05, 0.1) is 13.7 Å². The molecule has 0 radical (unpaired) electrons. The zero-order valence-corrected chi connectivity index (χ0v) is 12.1. The molecule has 0 fully saturated rings. The van der Waals surface area contributed by atoms with Gasteiger partial charge in [0.15, 0.2) is 5.17 Å². The Balaban J connectivity index is 2.00. The van der Waals surface area contributed by atoms with Crippen LogP contribution >= 0.6 is 11.8 Å². The number of hydrogen-bond acceptors (Lipinski definition) is 5. The summed E-state index contributed by atoms with van der Waals surface area (Å²) in [5, 5.41) is 3.63. The minimum atomic E-state index is -0.450. The molecule has 0 aliphatic carbocycles. The molecule has 1 aromatic carbocycles. The first kappa shape index (κ1) is 13.7. The lowest BCUT2D eigenvalue weighted by molar-refractivity contribution is 0.0977. The minimum absolute atomic E-state index is 0.0611. The number of carbonyl (C=O) groups excluding carboxylic acids is 1. The van der Waals surface area contributed by atoms with Crippen LogP contribution in [0.3, 0.4) is 0 Å². The quantitative estimate of drug-likeness (QED) is 0.877. The largest absolute Gasteiger partial charge is 0.497 e. The van der Waals surface area contributed by atoms with Crippen LogP contribution in [0.2, 0.25) is 0 Å². The molecule has 0 atom stereocenters. The number of ether oxygens (including phenoxy) is 1. The van der Waals surface area contributed by atoms with Crippen molar-refractivity contribution >= 4 is 33.7 Å². The van der Waals surface area contributed by atoms with Crippen LogP contribution in [-0.2, 0) is 0 Å². The summed E-state index contributed by atoms with van der Waals surface area (Å²) >= 11 is 1.47. The lowest BCUT2D eigenvalue weighted by Gasteiger charge is -2.06. The number of hydrogen-bond donors (Lipinski definition) is 2. The fraction of sp³-hybridized carbons (Fsp3) is 0.214. The van der Waals surface area contributed by atoms with Crippen LogP contribution in [0.1, 0.15) is 10.4 Å². The van der Waals surface area contributed by atoms with Gasteiger partial charge in [-0.25, -0.2) is 0 Å². The van der Waals surface area contributed by atoms with Gasteiger partial charge < -0.3 is 15.0 Å². The number of fused-ring (bicyclic) bond motifs is 1. The number of nitrogens with zero attached hydrogens (tertiary/aromatic N) is 1. The maximum absolute atomic E-state index is 12.4. The number of nitrogens with one attached hydrogen (secondary N) is 2. The van der Waals surface area contributed by atoms with Gasteiger partial charge in [-0.05, 0) is 18.2 Å². The molecule has 3 rings (SSSR count). The number of amides is 1. The van der Waals surface area contributed by atoms with Gasteiger partial charge in [-0.3, -0.25) is 14.6 Å². The summed E-state index contributed by atoms with van der Waals surface area (Å²) in [6.45, 7) is 0.686. The molecular weight excluding hydrogens is 290 g/mol. The minimum Gasteiger partial charge on any atom is -0.497 e. The third kappa shape index (κ3) is 2.64. The maximum Gasteiger partial charge on any atom is 0.262 e. The van der Waals surface area contributed by atoms with Gasteiger partial charge in [0.2, 0.25) is 5.43 Å². The van der Waals surface area contributed by atoms with Crippen LogP contribution in [-0.4, -0.2) is 35.5 Å². The lowest BCUT2D eigenvalue weighted by Crippen LogP contribution is -2.31. The molecular formula is C14H13N3O3S. The van der Waals surface area contributed by atoms with Crippen molar-refractivity contribution in [2.75, 3.05) is 19.4 Å². The number of benzene rings is 1. The van der Waals surface area contributed by atoms with Gasteiger partial charge in [0.25, 0.3) is 5.91 Å². The Bertz CT molecular complexity index is 798. The summed E-state index contributed by atoms with van der Waals surface area (Å²) in [4.78, 5) is 31.7. The van der Waals surface area contributed by atoms with Crippen molar-refractivity contribution in [1.82, 2.24) is 10.3 Å². The van der Waals surface area contributed by atoms with E-state index in [2.05, 4.69) is 15.3 Å². The van der Waals surface area contributed by atoms with E-state index in [9.17, 15) is 9.59 Å². The number of aromatic amines is 1. The van der Waals surface area contributed by atoms with Crippen molar-refractivity contribution in [2.24, 2.45) is 4.99 Å². The molecule has 1 aromatic heterocycles. The van der Waals surface area contributed by atoms with Crippen LogP contribution in [0.4, 0.5) is 0 Å². The zero-order valence-electron chi connectivity index (χ0n) is 11.3. The maximum atomic E-state index is 12.4. The predicted octanol–water partition coefficient (Wildman–Crippen LogP) is 1.37. The van der Waals surface area contributed by atoms with E-state index in [-0.39, 0.29) is 11.0 Å². The number of carbonyl (C=O) groups is 1. The van der Waals surface area contributed by atoms with E-state index in [1.165, 1.54) is 25.1 Å². The Morgan fingerprint density at radius 2 is 2.33 bits per heavy atom. The average Bonchev–Trinajstić information content (AvgIpc) is 3.00. The van der Waals surface area contributed by atoms with E-state index in [0.717, 1.165) is 5.75 Å². The predicted molar refractivity (Wildman–Crippen MR) is 83.3 cm³/mol. The summed E-state index contributed by atoms with van der Waals surface area (Å²) < 4.78 is 5.11. The van der Waals surface area contributed by atoms with Crippen molar-refractivity contribution < 1.29 is 9.53 Å². The first-order valence-electron chi connectivity index (χ1n) is 6.37. The Morgan fingerprint density at radius 1 is 1.48 bits per heavy atom. The summed E-state index contributed by atoms with van der Waals surface area (Å²) in [6.07, 6.45) is 1.42. The van der Waals surface area contributed by atoms with Gasteiger partial charge in [0, 0.05) is 22.9 Å². The second-order valence-corrected chi connectivity index (χ2v) is 5.52. The van der Waals surface area contributed by atoms with E-state index < -0.39 is 5.91 Å². The number of rotatable bonds is 2. The lowest BCUT2D eigenvalue weighted by atomic mass is 10.1. The Kier molecular flexibility index (Phi) is 3.66. The van der Waals surface area contributed by atoms with E-state index in [1.807, 2.05) is 0 Å². The van der Waals surface area contributed by atoms with Crippen LogP contribution in [0.5, 0.6) is 5.75 Å². The number of aliphatic imine (C=N–C) groups is 1. The first-order chi connectivity index (χ1) is 10.2. The molecule has 0 saturated heterocycles. The van der Waals surface area contributed by atoms with Crippen molar-refractivity contribution in [3.05, 3.63) is 40.2 Å². The second kappa shape index (κ2) is 5.61. The van der Waals surface area contributed by atoms with Crippen LogP contribution in [0.15, 0.2) is 34.2 Å². The second-order valence-electron chi connectivity index (χ2n) is 4.43. The molecule has 21 heavy (non-hydrogen) atoms. The van der Waals surface area contributed by atoms with Crippen molar-refractivity contribution in [3.8, 4) is 5.75 Å². The van der Waals surface area contributed by atoms with Crippen LogP contribution < -0.4 is 15.5 Å². The highest BCUT2D eigenvalue weighted by atomic mass is 32.2. The van der Waals surface area contributed by atoms with Gasteiger partial charge in [0.1, 0.15) is 11.3 Å². The van der Waals surface area contributed by atoms with Gasteiger partial charge in [-0.15, -0.1) is 0 Å². The summed E-state index contributed by atoms with van der Waals surface area (Å²) in [7, 11) is 1.53. The number of thioether (sulfide) groups is 1. The molecule has 7 heteroatoms. The molecule has 0 bridgehead atoms. The number of pyridine rings is 1. The monoisotopic (exact) mass is 303 g/mol. The zero-order chi connectivity index (χ0) is 14.8. The Hall–Kier alpha value is -2.28. The molecule has 1 aliphatic rings.